The maximum absolute atomic E-state index is 11.6. The Morgan fingerprint density at radius 3 is 2.83 bits per heavy atom. The van der Waals surface area contributed by atoms with Gasteiger partial charge in [0.1, 0.15) is 17.3 Å². The van der Waals surface area contributed by atoms with E-state index in [9.17, 15) is 4.79 Å². The molecule has 0 unspecified atom stereocenters. The van der Waals surface area contributed by atoms with Crippen molar-refractivity contribution < 1.29 is 14.3 Å². The van der Waals surface area contributed by atoms with Crippen LogP contribution >= 0.6 is 12.2 Å². The lowest BCUT2D eigenvalue weighted by molar-refractivity contribution is -0.117. The molecule has 0 radical (unpaired) electrons. The van der Waals surface area contributed by atoms with Crippen LogP contribution in [0.3, 0.4) is 0 Å². The van der Waals surface area contributed by atoms with E-state index in [0.717, 1.165) is 0 Å². The lowest BCUT2D eigenvalue weighted by Crippen LogP contribution is -2.19. The number of carbonyl (C=O) groups excluding carboxylic acids is 1. The van der Waals surface area contributed by atoms with Crippen LogP contribution in [0.15, 0.2) is 24.3 Å². The van der Waals surface area contributed by atoms with Crippen molar-refractivity contribution in [3.63, 3.8) is 0 Å². The van der Waals surface area contributed by atoms with Gasteiger partial charge in [-0.2, -0.15) is 0 Å². The van der Waals surface area contributed by atoms with Crippen LogP contribution < -0.4 is 15.8 Å². The second-order valence-electron chi connectivity index (χ2n) is 3.54. The molecule has 5 nitrogen and oxygen atoms in total. The highest BCUT2D eigenvalue weighted by molar-refractivity contribution is 7.80. The standard InChI is InChI=1S/C12H16N2O3S/c1-16-7-6-12(15)14-9-4-2-3-5-10(9)17-8-11(13)18/h2-5H,6-8H2,1H3,(H2,13,18)(H,14,15). The Hall–Kier alpha value is -1.66. The minimum Gasteiger partial charge on any atom is -0.484 e. The second kappa shape index (κ2) is 7.62. The monoisotopic (exact) mass is 268 g/mol. The van der Waals surface area contributed by atoms with Crippen LogP contribution in [-0.2, 0) is 9.53 Å². The topological polar surface area (TPSA) is 73.6 Å². The Morgan fingerprint density at radius 2 is 2.17 bits per heavy atom. The predicted molar refractivity (Wildman–Crippen MR) is 73.8 cm³/mol. The normalized spacial score (nSPS) is 9.83. The van der Waals surface area contributed by atoms with E-state index < -0.39 is 0 Å². The summed E-state index contributed by atoms with van der Waals surface area (Å²) in [5, 5.41) is 2.74. The molecule has 1 rings (SSSR count). The maximum atomic E-state index is 11.6. The molecule has 6 heteroatoms. The van der Waals surface area contributed by atoms with E-state index in [-0.39, 0.29) is 17.5 Å². The highest BCUT2D eigenvalue weighted by Crippen LogP contribution is 2.23. The number of hydrogen-bond donors (Lipinski definition) is 2. The van der Waals surface area contributed by atoms with Gasteiger partial charge in [0.05, 0.1) is 18.7 Å². The van der Waals surface area contributed by atoms with E-state index in [0.29, 0.717) is 24.5 Å². The summed E-state index contributed by atoms with van der Waals surface area (Å²) in [7, 11) is 1.55. The Morgan fingerprint density at radius 1 is 1.44 bits per heavy atom. The van der Waals surface area contributed by atoms with Gasteiger partial charge in [0, 0.05) is 7.11 Å². The molecular weight excluding hydrogens is 252 g/mol. The Kier molecular flexibility index (Phi) is 6.10. The van der Waals surface area contributed by atoms with Crippen molar-refractivity contribution in [3.8, 4) is 5.75 Å². The zero-order valence-corrected chi connectivity index (χ0v) is 11.0. The molecule has 0 saturated carbocycles. The fourth-order valence-corrected chi connectivity index (χ4v) is 1.31. The molecule has 0 saturated heterocycles. The summed E-state index contributed by atoms with van der Waals surface area (Å²) in [6.07, 6.45) is 0.292. The summed E-state index contributed by atoms with van der Waals surface area (Å²) in [5.74, 6) is 0.402. The molecule has 0 aliphatic rings. The minimum absolute atomic E-state index is 0.136. The number of methoxy groups -OCH3 is 1. The number of carbonyl (C=O) groups is 1. The number of benzene rings is 1. The van der Waals surface area contributed by atoms with Crippen molar-refractivity contribution in [3.05, 3.63) is 24.3 Å². The first-order valence-corrected chi connectivity index (χ1v) is 5.83. The fraction of sp³-hybridized carbons (Fsp3) is 0.333. The molecular formula is C12H16N2O3S. The molecule has 3 N–H and O–H groups in total. The highest BCUT2D eigenvalue weighted by Gasteiger charge is 2.07. The molecule has 0 bridgehead atoms. The number of rotatable bonds is 7. The minimum atomic E-state index is -0.136. The summed E-state index contributed by atoms with van der Waals surface area (Å²) in [4.78, 5) is 11.8. The van der Waals surface area contributed by atoms with Crippen LogP contribution in [-0.4, -0.2) is 31.2 Å². The third-order valence-electron chi connectivity index (χ3n) is 2.06. The van der Waals surface area contributed by atoms with E-state index >= 15 is 0 Å². The number of ether oxygens (including phenoxy) is 2. The maximum Gasteiger partial charge on any atom is 0.226 e. The third kappa shape index (κ3) is 5.11. The molecule has 1 aromatic rings. The van der Waals surface area contributed by atoms with Crippen molar-refractivity contribution >= 4 is 28.8 Å². The summed E-state index contributed by atoms with van der Waals surface area (Å²) in [5.41, 5.74) is 5.95. The first-order chi connectivity index (χ1) is 8.63. The molecule has 1 amide bonds. The van der Waals surface area contributed by atoms with Gasteiger partial charge in [-0.05, 0) is 12.1 Å². The molecule has 0 aliphatic heterocycles. The van der Waals surface area contributed by atoms with Gasteiger partial charge in [-0.3, -0.25) is 4.79 Å². The van der Waals surface area contributed by atoms with Gasteiger partial charge < -0.3 is 20.5 Å². The lowest BCUT2D eigenvalue weighted by Gasteiger charge is -2.11. The van der Waals surface area contributed by atoms with E-state index in [1.54, 1.807) is 31.4 Å². The number of thiocarbonyl (C=S) groups is 1. The van der Waals surface area contributed by atoms with Crippen LogP contribution in [0.25, 0.3) is 0 Å². The van der Waals surface area contributed by atoms with Crippen LogP contribution in [0.4, 0.5) is 5.69 Å². The van der Waals surface area contributed by atoms with Crippen LogP contribution in [0.1, 0.15) is 6.42 Å². The molecule has 0 heterocycles. The molecule has 0 spiro atoms. The van der Waals surface area contributed by atoms with Gasteiger partial charge in [-0.15, -0.1) is 0 Å². The Balaban J connectivity index is 2.63. The highest BCUT2D eigenvalue weighted by atomic mass is 32.1. The van der Waals surface area contributed by atoms with Crippen LogP contribution in [0.2, 0.25) is 0 Å². The number of nitrogens with two attached hydrogens (primary N) is 1. The van der Waals surface area contributed by atoms with Gasteiger partial charge in [0.2, 0.25) is 5.91 Å². The predicted octanol–water partition coefficient (Wildman–Crippen LogP) is 1.33. The molecule has 0 atom stereocenters. The summed E-state index contributed by atoms with van der Waals surface area (Å²) in [6.45, 7) is 0.516. The number of para-hydroxylation sites is 2. The zero-order valence-electron chi connectivity index (χ0n) is 10.1. The second-order valence-corrected chi connectivity index (χ2v) is 4.07. The fourth-order valence-electron chi connectivity index (χ4n) is 1.25. The molecule has 0 aromatic heterocycles. The molecule has 18 heavy (non-hydrogen) atoms. The number of hydrogen-bond acceptors (Lipinski definition) is 4. The third-order valence-corrected chi connectivity index (χ3v) is 2.18. The SMILES string of the molecule is COCCC(=O)Nc1ccccc1OCC(N)=S. The van der Waals surface area contributed by atoms with Crippen molar-refractivity contribution in [2.75, 3.05) is 25.6 Å². The Bertz CT molecular complexity index is 424. The van der Waals surface area contributed by atoms with E-state index in [1.165, 1.54) is 0 Å². The van der Waals surface area contributed by atoms with Crippen molar-refractivity contribution in [1.82, 2.24) is 0 Å². The molecule has 1 aromatic carbocycles. The molecule has 0 fully saturated rings. The van der Waals surface area contributed by atoms with Crippen molar-refractivity contribution in [2.24, 2.45) is 5.73 Å². The first-order valence-electron chi connectivity index (χ1n) is 5.42. The van der Waals surface area contributed by atoms with Gasteiger partial charge in [0.15, 0.2) is 0 Å². The van der Waals surface area contributed by atoms with E-state index in [2.05, 4.69) is 5.32 Å². The average molecular weight is 268 g/mol. The summed E-state index contributed by atoms with van der Waals surface area (Å²) in [6, 6.07) is 7.10. The summed E-state index contributed by atoms with van der Waals surface area (Å²) >= 11 is 4.73. The quantitative estimate of drug-likeness (QED) is 0.730. The largest absolute Gasteiger partial charge is 0.484 e. The smallest absolute Gasteiger partial charge is 0.226 e. The molecule has 98 valence electrons. The first kappa shape index (κ1) is 14.4. The Labute approximate surface area is 111 Å². The summed E-state index contributed by atoms with van der Waals surface area (Å²) < 4.78 is 10.2. The van der Waals surface area contributed by atoms with Gasteiger partial charge in [-0.25, -0.2) is 0 Å². The van der Waals surface area contributed by atoms with E-state index in [4.69, 9.17) is 27.4 Å². The van der Waals surface area contributed by atoms with Crippen molar-refractivity contribution in [1.29, 1.82) is 0 Å². The molecule has 0 aliphatic carbocycles. The number of nitrogens with one attached hydrogen (secondary N) is 1. The van der Waals surface area contributed by atoms with Crippen LogP contribution in [0.5, 0.6) is 5.75 Å². The lowest BCUT2D eigenvalue weighted by atomic mass is 10.3. The number of amides is 1. The zero-order chi connectivity index (χ0) is 13.4. The van der Waals surface area contributed by atoms with Gasteiger partial charge in [-0.1, -0.05) is 24.4 Å². The van der Waals surface area contributed by atoms with E-state index in [1.807, 2.05) is 0 Å². The van der Waals surface area contributed by atoms with Gasteiger partial charge in [0.25, 0.3) is 0 Å². The van der Waals surface area contributed by atoms with Crippen molar-refractivity contribution in [2.45, 2.75) is 6.42 Å². The average Bonchev–Trinajstić information content (AvgIpc) is 2.35. The van der Waals surface area contributed by atoms with Crippen LogP contribution in [0, 0.1) is 0 Å². The van der Waals surface area contributed by atoms with Gasteiger partial charge >= 0.3 is 0 Å². The number of anilines is 1.